The van der Waals surface area contributed by atoms with Crippen LogP contribution in [0.3, 0.4) is 0 Å². The molecule has 2 heterocycles. The van der Waals surface area contributed by atoms with Crippen LogP contribution in [0.15, 0.2) is 36.5 Å². The average molecular weight is 421 g/mol. The highest BCUT2D eigenvalue weighted by Crippen LogP contribution is 2.34. The van der Waals surface area contributed by atoms with Gasteiger partial charge in [0.2, 0.25) is 5.91 Å². The fraction of sp³-hybridized carbons (Fsp3) is 0.350. The number of carbonyl (C=O) groups is 2. The third kappa shape index (κ3) is 4.56. The van der Waals surface area contributed by atoms with Crippen molar-refractivity contribution in [3.63, 3.8) is 0 Å². The Labute approximate surface area is 174 Å². The molecule has 1 amide bonds. The molecule has 1 aliphatic heterocycles. The lowest BCUT2D eigenvalue weighted by molar-refractivity contribution is -0.136. The number of carbonyl (C=O) groups excluding carboxylic acids is 2. The zero-order valence-corrected chi connectivity index (χ0v) is 17.1. The minimum absolute atomic E-state index is 0.0564. The molecule has 0 radical (unpaired) electrons. The summed E-state index contributed by atoms with van der Waals surface area (Å²) in [7, 11) is 0. The molecule has 1 aromatic carbocycles. The smallest absolute Gasteiger partial charge is 0.230 e. The van der Waals surface area contributed by atoms with Gasteiger partial charge in [0.25, 0.3) is 0 Å². The van der Waals surface area contributed by atoms with E-state index < -0.39 is 0 Å². The van der Waals surface area contributed by atoms with Gasteiger partial charge < -0.3 is 15.5 Å². The van der Waals surface area contributed by atoms with Crippen molar-refractivity contribution in [3.8, 4) is 0 Å². The van der Waals surface area contributed by atoms with E-state index in [1.807, 2.05) is 24.3 Å². The van der Waals surface area contributed by atoms with Crippen LogP contribution in [-0.2, 0) is 9.59 Å². The van der Waals surface area contributed by atoms with E-state index in [2.05, 4.69) is 9.88 Å². The van der Waals surface area contributed by atoms with Gasteiger partial charge in [-0.15, -0.1) is 0 Å². The van der Waals surface area contributed by atoms with E-state index in [1.165, 1.54) is 0 Å². The molecule has 3 rings (SSSR count). The second kappa shape index (κ2) is 8.80. The van der Waals surface area contributed by atoms with Gasteiger partial charge >= 0.3 is 0 Å². The predicted octanol–water partition coefficient (Wildman–Crippen LogP) is 3.73. The molecule has 0 spiro atoms. The minimum atomic E-state index is -0.164. The number of nitrogens with two attached hydrogens (primary N) is 1. The van der Waals surface area contributed by atoms with Crippen molar-refractivity contribution < 1.29 is 9.59 Å². The summed E-state index contributed by atoms with van der Waals surface area (Å²) in [4.78, 5) is 32.5. The topological polar surface area (TPSA) is 79.5 Å². The monoisotopic (exact) mass is 420 g/mol. The van der Waals surface area contributed by atoms with Crippen LogP contribution in [-0.4, -0.2) is 41.2 Å². The molecule has 28 heavy (non-hydrogen) atoms. The van der Waals surface area contributed by atoms with E-state index >= 15 is 0 Å². The van der Waals surface area contributed by atoms with Gasteiger partial charge in [0.05, 0.1) is 23.2 Å². The number of benzene rings is 1. The molecule has 1 saturated heterocycles. The van der Waals surface area contributed by atoms with Gasteiger partial charge in [0.15, 0.2) is 5.82 Å². The Morgan fingerprint density at radius 2 is 1.89 bits per heavy atom. The first-order valence-electron chi connectivity index (χ1n) is 9.11. The molecular formula is C20H22Cl2N4O2. The number of ketones is 1. The number of anilines is 2. The summed E-state index contributed by atoms with van der Waals surface area (Å²) in [5.41, 5.74) is 7.63. The lowest BCUT2D eigenvalue weighted by atomic mass is 10.0. The van der Waals surface area contributed by atoms with Crippen LogP contribution in [0.2, 0.25) is 10.0 Å². The van der Waals surface area contributed by atoms with Crippen LogP contribution in [0.1, 0.15) is 31.4 Å². The van der Waals surface area contributed by atoms with Crippen LogP contribution in [0, 0.1) is 0 Å². The molecule has 2 N–H and O–H groups in total. The molecule has 1 aliphatic rings. The third-order valence-electron chi connectivity index (χ3n) is 4.86. The largest absolute Gasteiger partial charge is 0.396 e. The lowest BCUT2D eigenvalue weighted by Gasteiger charge is -2.42. The zero-order valence-electron chi connectivity index (χ0n) is 15.6. The Balaban J connectivity index is 1.91. The first kappa shape index (κ1) is 20.4. The van der Waals surface area contributed by atoms with Crippen molar-refractivity contribution in [2.24, 2.45) is 0 Å². The van der Waals surface area contributed by atoms with Gasteiger partial charge in [-0.1, -0.05) is 42.3 Å². The highest BCUT2D eigenvalue weighted by molar-refractivity contribution is 6.31. The summed E-state index contributed by atoms with van der Waals surface area (Å²) in [6, 6.07) is 8.99. The van der Waals surface area contributed by atoms with Gasteiger partial charge in [-0.2, -0.15) is 0 Å². The van der Waals surface area contributed by atoms with E-state index in [-0.39, 0.29) is 24.2 Å². The molecule has 1 fully saturated rings. The molecule has 148 valence electrons. The number of Topliss-reactive ketones (excluding diaryl/α,β-unsaturated/α-hetero) is 1. The van der Waals surface area contributed by atoms with Crippen molar-refractivity contribution in [2.75, 3.05) is 30.3 Å². The van der Waals surface area contributed by atoms with Crippen molar-refractivity contribution in [1.29, 1.82) is 0 Å². The number of rotatable bonds is 5. The van der Waals surface area contributed by atoms with E-state index in [0.717, 1.165) is 5.56 Å². The summed E-state index contributed by atoms with van der Waals surface area (Å²) >= 11 is 12.0. The molecule has 6 nitrogen and oxygen atoms in total. The average Bonchev–Trinajstić information content (AvgIpc) is 2.68. The maximum absolute atomic E-state index is 12.6. The van der Waals surface area contributed by atoms with Gasteiger partial charge in [0.1, 0.15) is 5.78 Å². The Bertz CT molecular complexity index is 873. The second-order valence-electron chi connectivity index (χ2n) is 6.74. The Kier molecular flexibility index (Phi) is 6.42. The van der Waals surface area contributed by atoms with E-state index in [0.29, 0.717) is 47.6 Å². The molecular weight excluding hydrogens is 399 g/mol. The number of halogens is 2. The number of nitrogens with zero attached hydrogens (tertiary/aromatic N) is 3. The predicted molar refractivity (Wildman–Crippen MR) is 112 cm³/mol. The van der Waals surface area contributed by atoms with Crippen molar-refractivity contribution in [1.82, 2.24) is 9.88 Å². The molecule has 0 aliphatic carbocycles. The molecule has 2 aromatic rings. The Hall–Kier alpha value is -2.31. The zero-order chi connectivity index (χ0) is 20.3. The van der Waals surface area contributed by atoms with Gasteiger partial charge in [-0.25, -0.2) is 4.98 Å². The number of pyridine rings is 1. The van der Waals surface area contributed by atoms with Crippen molar-refractivity contribution in [2.45, 2.75) is 25.8 Å². The lowest BCUT2D eigenvalue weighted by Crippen LogP contribution is -2.51. The highest BCUT2D eigenvalue weighted by atomic mass is 35.5. The summed E-state index contributed by atoms with van der Waals surface area (Å²) in [5, 5.41) is 1.10. The maximum Gasteiger partial charge on any atom is 0.230 e. The number of amides is 1. The van der Waals surface area contributed by atoms with E-state index in [1.54, 1.807) is 24.1 Å². The van der Waals surface area contributed by atoms with E-state index in [9.17, 15) is 9.59 Å². The normalized spacial score (nSPS) is 16.9. The Morgan fingerprint density at radius 3 is 2.54 bits per heavy atom. The first-order valence-corrected chi connectivity index (χ1v) is 9.87. The maximum atomic E-state index is 12.6. The van der Waals surface area contributed by atoms with Crippen molar-refractivity contribution in [3.05, 3.63) is 52.1 Å². The molecule has 1 unspecified atom stereocenters. The number of aromatic nitrogens is 1. The van der Waals surface area contributed by atoms with Crippen LogP contribution in [0.5, 0.6) is 0 Å². The number of nitrogen functional groups attached to an aromatic ring is 1. The second-order valence-corrected chi connectivity index (χ2v) is 7.61. The van der Waals surface area contributed by atoms with E-state index in [4.69, 9.17) is 28.9 Å². The highest BCUT2D eigenvalue weighted by Gasteiger charge is 2.32. The molecule has 1 aromatic heterocycles. The van der Waals surface area contributed by atoms with Crippen LogP contribution >= 0.6 is 23.2 Å². The summed E-state index contributed by atoms with van der Waals surface area (Å²) < 4.78 is 0. The third-order valence-corrected chi connectivity index (χ3v) is 5.32. The van der Waals surface area contributed by atoms with Gasteiger partial charge in [-0.05, 0) is 23.8 Å². The number of hydrogen-bond acceptors (Lipinski definition) is 5. The summed E-state index contributed by atoms with van der Waals surface area (Å²) in [5.74, 6) is 0.419. The molecule has 0 bridgehead atoms. The standard InChI is InChI=1S/C20H22Cl2N4O2/c1-2-16(27)10-19(28)25-7-8-26(20-17(23)9-15(22)11-24-20)18(12-25)13-3-5-14(21)6-4-13/h3-6,9,11,18H,2,7-8,10,12,23H2,1H3. The fourth-order valence-electron chi connectivity index (χ4n) is 3.33. The molecule has 8 heteroatoms. The quantitative estimate of drug-likeness (QED) is 0.745. The number of hydrogen-bond donors (Lipinski definition) is 1. The molecule has 0 saturated carbocycles. The van der Waals surface area contributed by atoms with Gasteiger partial charge in [0, 0.05) is 37.3 Å². The first-order chi connectivity index (χ1) is 13.4. The van der Waals surface area contributed by atoms with Crippen LogP contribution in [0.25, 0.3) is 0 Å². The van der Waals surface area contributed by atoms with Crippen LogP contribution in [0.4, 0.5) is 11.5 Å². The van der Waals surface area contributed by atoms with Crippen LogP contribution < -0.4 is 10.6 Å². The summed E-state index contributed by atoms with van der Waals surface area (Å²) in [6.07, 6.45) is 1.85. The molecule has 1 atom stereocenters. The Morgan fingerprint density at radius 1 is 1.18 bits per heavy atom. The van der Waals surface area contributed by atoms with Crippen molar-refractivity contribution >= 4 is 46.4 Å². The fourth-order valence-corrected chi connectivity index (χ4v) is 3.62. The number of piperazine rings is 1. The minimum Gasteiger partial charge on any atom is -0.396 e. The van der Waals surface area contributed by atoms with Gasteiger partial charge in [-0.3, -0.25) is 9.59 Å². The summed E-state index contributed by atoms with van der Waals surface area (Å²) in [6.45, 7) is 3.22. The SMILES string of the molecule is CCC(=O)CC(=O)N1CCN(c2ncc(Cl)cc2N)C(c2ccc(Cl)cc2)C1.